The second-order valence-corrected chi connectivity index (χ2v) is 9.10. The molecule has 3 aromatic carbocycles. The third-order valence-corrected chi connectivity index (χ3v) is 5.55. The first-order valence-electron chi connectivity index (χ1n) is 12.3. The Hall–Kier alpha value is -4.37. The monoisotopic (exact) mass is 632 g/mol. The quantitative estimate of drug-likeness (QED) is 0.214. The fourth-order valence-electron chi connectivity index (χ4n) is 2.96. The van der Waals surface area contributed by atoms with E-state index < -0.39 is 0 Å². The largest absolute Gasteiger partial charge is 0.356 e. The Bertz CT molecular complexity index is 1590. The fraction of sp³-hybridized carbons (Fsp3) is 0.167. The lowest BCUT2D eigenvalue weighted by Crippen LogP contribution is -1.92. The van der Waals surface area contributed by atoms with Crippen molar-refractivity contribution in [1.29, 1.82) is 0 Å². The lowest BCUT2D eigenvalue weighted by atomic mass is 10.1. The van der Waals surface area contributed by atoms with Gasteiger partial charge in [-0.05, 0) is 95.4 Å². The van der Waals surface area contributed by atoms with Crippen molar-refractivity contribution in [2.24, 2.45) is 0 Å². The van der Waals surface area contributed by atoms with Crippen molar-refractivity contribution in [2.75, 3.05) is 39.6 Å². The molecule has 3 nitrogen and oxygen atoms in total. The van der Waals surface area contributed by atoms with Gasteiger partial charge >= 0.3 is 0 Å². The van der Waals surface area contributed by atoms with Crippen molar-refractivity contribution < 1.29 is 14.2 Å². The zero-order chi connectivity index (χ0) is 28.1. The lowest BCUT2D eigenvalue weighted by molar-refractivity contribution is 0.204. The standard InChI is InChI=1S/C36H25IO3/c1-2-25-38-26-3-8-31-13-15-32(16-14-31)9-4-27-39-28-5-10-33-17-19-34(20-18-33)11-6-29-40-30-7-12-35-21-23-36(37)24-22-35/h1,13-24H,25-30H2. The van der Waals surface area contributed by atoms with E-state index in [0.29, 0.717) is 33.0 Å². The van der Waals surface area contributed by atoms with Gasteiger partial charge in [-0.1, -0.05) is 65.1 Å². The van der Waals surface area contributed by atoms with E-state index in [1.807, 2.05) is 72.8 Å². The highest BCUT2D eigenvalue weighted by Crippen LogP contribution is 2.05. The fourth-order valence-corrected chi connectivity index (χ4v) is 3.32. The molecule has 0 aromatic heterocycles. The number of hydrogen-bond donors (Lipinski definition) is 0. The molecule has 0 atom stereocenters. The number of benzene rings is 3. The van der Waals surface area contributed by atoms with Gasteiger partial charge in [0, 0.05) is 31.4 Å². The van der Waals surface area contributed by atoms with Crippen LogP contribution in [0.2, 0.25) is 0 Å². The Kier molecular flexibility index (Phi) is 14.2. The van der Waals surface area contributed by atoms with Crippen LogP contribution in [0.25, 0.3) is 0 Å². The van der Waals surface area contributed by atoms with Crippen molar-refractivity contribution >= 4 is 22.6 Å². The maximum Gasteiger partial charge on any atom is 0.109 e. The number of rotatable bonds is 6. The number of halogens is 1. The molecule has 0 amide bonds. The third-order valence-electron chi connectivity index (χ3n) is 4.83. The average Bonchev–Trinajstić information content (AvgIpc) is 2.98. The van der Waals surface area contributed by atoms with Crippen molar-refractivity contribution in [3.8, 4) is 71.5 Å². The second kappa shape index (κ2) is 18.8. The molecule has 0 fully saturated rings. The molecule has 194 valence electrons. The van der Waals surface area contributed by atoms with Crippen LogP contribution in [0.15, 0.2) is 72.8 Å². The van der Waals surface area contributed by atoms with E-state index in [1.165, 1.54) is 3.57 Å². The van der Waals surface area contributed by atoms with Gasteiger partial charge in [-0.2, -0.15) is 0 Å². The second-order valence-electron chi connectivity index (χ2n) is 7.85. The van der Waals surface area contributed by atoms with Crippen LogP contribution in [0.3, 0.4) is 0 Å². The van der Waals surface area contributed by atoms with Crippen molar-refractivity contribution in [1.82, 2.24) is 0 Å². The van der Waals surface area contributed by atoms with Gasteiger partial charge in [-0.25, -0.2) is 0 Å². The third kappa shape index (κ3) is 12.9. The van der Waals surface area contributed by atoms with Gasteiger partial charge in [-0.3, -0.25) is 0 Å². The minimum atomic E-state index is 0.268. The van der Waals surface area contributed by atoms with Crippen LogP contribution in [-0.2, 0) is 14.2 Å². The van der Waals surface area contributed by atoms with Crippen LogP contribution in [0.4, 0.5) is 0 Å². The van der Waals surface area contributed by atoms with Gasteiger partial charge in [0.2, 0.25) is 0 Å². The summed E-state index contributed by atoms with van der Waals surface area (Å²) in [4.78, 5) is 0. The molecule has 40 heavy (non-hydrogen) atoms. The summed E-state index contributed by atoms with van der Waals surface area (Å²) in [6.07, 6.45) is 5.12. The van der Waals surface area contributed by atoms with E-state index in [2.05, 4.69) is 87.7 Å². The molecule has 4 heteroatoms. The first kappa shape index (κ1) is 30.2. The summed E-state index contributed by atoms with van der Waals surface area (Å²) >= 11 is 2.27. The average molecular weight is 632 g/mol. The zero-order valence-corrected chi connectivity index (χ0v) is 24.0. The summed E-state index contributed by atoms with van der Waals surface area (Å²) in [5.41, 5.74) is 4.56. The maximum absolute atomic E-state index is 5.49. The molecule has 0 unspecified atom stereocenters. The molecule has 0 aliphatic rings. The lowest BCUT2D eigenvalue weighted by Gasteiger charge is -1.94. The molecule has 0 aliphatic carbocycles. The highest BCUT2D eigenvalue weighted by atomic mass is 127. The number of ether oxygens (including phenoxy) is 3. The molecular formula is C36H25IO3. The van der Waals surface area contributed by atoms with E-state index >= 15 is 0 Å². The molecule has 0 saturated heterocycles. The van der Waals surface area contributed by atoms with Crippen molar-refractivity contribution in [3.63, 3.8) is 0 Å². The zero-order valence-electron chi connectivity index (χ0n) is 21.9. The first-order valence-corrected chi connectivity index (χ1v) is 13.4. The van der Waals surface area contributed by atoms with Gasteiger partial charge in [0.1, 0.15) is 39.6 Å². The highest BCUT2D eigenvalue weighted by Gasteiger charge is 1.91. The van der Waals surface area contributed by atoms with Gasteiger partial charge in [0.05, 0.1) is 0 Å². The first-order chi connectivity index (χ1) is 19.7. The smallest absolute Gasteiger partial charge is 0.109 e. The van der Waals surface area contributed by atoms with Crippen LogP contribution in [0.1, 0.15) is 27.8 Å². The molecular weight excluding hydrogens is 607 g/mol. The van der Waals surface area contributed by atoms with Crippen molar-refractivity contribution in [2.45, 2.75) is 0 Å². The SMILES string of the molecule is C#CCOCC#Cc1ccc(C#CCOCC#Cc2ccc(C#CCOCC#Cc3ccc(I)cc3)cc2)cc1. The van der Waals surface area contributed by atoms with Crippen LogP contribution < -0.4 is 0 Å². The topological polar surface area (TPSA) is 27.7 Å². The minimum Gasteiger partial charge on any atom is -0.356 e. The van der Waals surface area contributed by atoms with E-state index in [1.54, 1.807) is 0 Å². The van der Waals surface area contributed by atoms with Crippen molar-refractivity contribution in [3.05, 3.63) is 104 Å². The molecule has 0 aliphatic heterocycles. The van der Waals surface area contributed by atoms with E-state index in [-0.39, 0.29) is 6.61 Å². The molecule has 0 radical (unpaired) electrons. The summed E-state index contributed by atoms with van der Waals surface area (Å²) in [6.45, 7) is 1.86. The number of hydrogen-bond acceptors (Lipinski definition) is 3. The Morgan fingerprint density at radius 2 is 0.675 bits per heavy atom. The molecule has 0 saturated carbocycles. The predicted octanol–water partition coefficient (Wildman–Crippen LogP) is 5.13. The summed E-state index contributed by atoms with van der Waals surface area (Å²) in [5, 5.41) is 0. The predicted molar refractivity (Wildman–Crippen MR) is 168 cm³/mol. The van der Waals surface area contributed by atoms with Gasteiger partial charge in [-0.15, -0.1) is 6.42 Å². The Morgan fingerprint density at radius 1 is 0.425 bits per heavy atom. The summed E-state index contributed by atoms with van der Waals surface area (Å²) in [5.74, 6) is 32.6. The molecule has 0 heterocycles. The van der Waals surface area contributed by atoms with Gasteiger partial charge in [0.15, 0.2) is 0 Å². The van der Waals surface area contributed by atoms with E-state index in [9.17, 15) is 0 Å². The minimum absolute atomic E-state index is 0.268. The normalized spacial score (nSPS) is 9.00. The van der Waals surface area contributed by atoms with E-state index in [4.69, 9.17) is 20.6 Å². The van der Waals surface area contributed by atoms with Crippen LogP contribution in [-0.4, -0.2) is 39.6 Å². The van der Waals surface area contributed by atoms with Gasteiger partial charge in [0.25, 0.3) is 0 Å². The maximum atomic E-state index is 5.49. The molecule has 3 rings (SSSR count). The molecule has 0 spiro atoms. The molecule has 0 N–H and O–H groups in total. The Morgan fingerprint density at radius 3 is 0.950 bits per heavy atom. The summed E-state index contributed by atoms with van der Waals surface area (Å²) in [6, 6.07) is 23.4. The highest BCUT2D eigenvalue weighted by molar-refractivity contribution is 14.1. The Balaban J connectivity index is 1.31. The molecule has 3 aromatic rings. The van der Waals surface area contributed by atoms with Gasteiger partial charge < -0.3 is 14.2 Å². The van der Waals surface area contributed by atoms with Crippen LogP contribution >= 0.6 is 22.6 Å². The molecule has 0 bridgehead atoms. The summed E-state index contributed by atoms with van der Waals surface area (Å²) in [7, 11) is 0. The van der Waals surface area contributed by atoms with Crippen LogP contribution in [0.5, 0.6) is 0 Å². The summed E-state index contributed by atoms with van der Waals surface area (Å²) < 4.78 is 17.3. The Labute approximate surface area is 251 Å². The van der Waals surface area contributed by atoms with E-state index in [0.717, 1.165) is 27.8 Å². The van der Waals surface area contributed by atoms with Crippen LogP contribution in [0, 0.1) is 75.1 Å². The number of terminal acetylenes is 1.